The third-order valence-corrected chi connectivity index (χ3v) is 6.84. The second-order valence-corrected chi connectivity index (χ2v) is 8.69. The van der Waals surface area contributed by atoms with Gasteiger partial charge in [-0.25, -0.2) is 4.68 Å². The number of amides is 2. The molecule has 1 aromatic carbocycles. The average Bonchev–Trinajstić information content (AvgIpc) is 3.16. The summed E-state index contributed by atoms with van der Waals surface area (Å²) in [6.45, 7) is 0.854. The summed E-state index contributed by atoms with van der Waals surface area (Å²) in [5, 5.41) is 14.6. The maximum atomic E-state index is 13.1. The normalized spacial score (nSPS) is 21.5. The van der Waals surface area contributed by atoms with Crippen molar-refractivity contribution < 1.29 is 9.59 Å². The number of carbonyl (C=O) groups is 2. The number of aromatic nitrogens is 4. The smallest absolute Gasteiger partial charge is 0.254 e. The standard InChI is InChI=1S/C20H26N6O2S/c1-25-20(22-23-24-25)29-13-18(27)21-16-10-8-15(9-11-16)19(28)26-12-4-6-14-5-2-3-7-17(14)26/h8-11,14,17H,2-7,12-13H2,1H3,(H,21,27). The Balaban J connectivity index is 1.34. The molecule has 2 unspecified atom stereocenters. The summed E-state index contributed by atoms with van der Waals surface area (Å²) in [5.41, 5.74) is 1.37. The van der Waals surface area contributed by atoms with Gasteiger partial charge in [0.1, 0.15) is 0 Å². The van der Waals surface area contributed by atoms with Crippen molar-refractivity contribution in [2.75, 3.05) is 17.6 Å². The van der Waals surface area contributed by atoms with E-state index < -0.39 is 0 Å². The molecular formula is C20H26N6O2S. The lowest BCUT2D eigenvalue weighted by atomic mass is 9.78. The lowest BCUT2D eigenvalue weighted by Crippen LogP contribution is -2.49. The van der Waals surface area contributed by atoms with Crippen LogP contribution in [0.5, 0.6) is 0 Å². The second-order valence-electron chi connectivity index (χ2n) is 7.75. The van der Waals surface area contributed by atoms with Crippen LogP contribution >= 0.6 is 11.8 Å². The Hall–Kier alpha value is -2.42. The van der Waals surface area contributed by atoms with E-state index >= 15 is 0 Å². The number of piperidine rings is 1. The number of hydrogen-bond acceptors (Lipinski definition) is 6. The first-order valence-electron chi connectivity index (χ1n) is 10.2. The molecule has 1 aliphatic carbocycles. The summed E-state index contributed by atoms with van der Waals surface area (Å²) in [7, 11) is 1.73. The number of thioether (sulfide) groups is 1. The van der Waals surface area contributed by atoms with Crippen LogP contribution in [0.4, 0.5) is 5.69 Å². The molecule has 2 fully saturated rings. The summed E-state index contributed by atoms with van der Waals surface area (Å²) in [5.74, 6) is 0.857. The van der Waals surface area contributed by atoms with Crippen LogP contribution in [0.15, 0.2) is 29.4 Å². The number of carbonyl (C=O) groups excluding carboxylic acids is 2. The van der Waals surface area contributed by atoms with Gasteiger partial charge < -0.3 is 10.2 Å². The number of tetrazole rings is 1. The lowest BCUT2D eigenvalue weighted by Gasteiger charge is -2.44. The third-order valence-electron chi connectivity index (χ3n) is 5.83. The number of nitrogens with zero attached hydrogens (tertiary/aromatic N) is 5. The Bertz CT molecular complexity index is 866. The largest absolute Gasteiger partial charge is 0.335 e. The van der Waals surface area contributed by atoms with Gasteiger partial charge in [-0.05, 0) is 66.3 Å². The van der Waals surface area contributed by atoms with E-state index in [-0.39, 0.29) is 17.6 Å². The van der Waals surface area contributed by atoms with Gasteiger partial charge in [0.25, 0.3) is 5.91 Å². The number of hydrogen-bond donors (Lipinski definition) is 1. The zero-order valence-corrected chi connectivity index (χ0v) is 17.4. The minimum Gasteiger partial charge on any atom is -0.335 e. The number of benzene rings is 1. The highest BCUT2D eigenvalue weighted by molar-refractivity contribution is 7.99. The number of anilines is 1. The molecular weight excluding hydrogens is 388 g/mol. The van der Waals surface area contributed by atoms with Crippen molar-refractivity contribution >= 4 is 29.3 Å². The summed E-state index contributed by atoms with van der Waals surface area (Å²) >= 11 is 1.27. The molecule has 2 heterocycles. The minimum absolute atomic E-state index is 0.116. The Morgan fingerprint density at radius 1 is 1.14 bits per heavy atom. The van der Waals surface area contributed by atoms with Crippen molar-refractivity contribution in [3.05, 3.63) is 29.8 Å². The van der Waals surface area contributed by atoms with E-state index in [1.165, 1.54) is 42.1 Å². The molecule has 8 nitrogen and oxygen atoms in total. The van der Waals surface area contributed by atoms with E-state index in [0.29, 0.717) is 28.4 Å². The van der Waals surface area contributed by atoms with Crippen LogP contribution in [0.25, 0.3) is 0 Å². The number of aryl methyl sites for hydroxylation is 1. The van der Waals surface area contributed by atoms with Gasteiger partial charge in [0, 0.05) is 30.9 Å². The first-order valence-corrected chi connectivity index (χ1v) is 11.2. The minimum atomic E-state index is -0.141. The Morgan fingerprint density at radius 3 is 2.66 bits per heavy atom. The predicted octanol–water partition coefficient (Wildman–Crippen LogP) is 2.74. The first kappa shape index (κ1) is 19.9. The van der Waals surface area contributed by atoms with Gasteiger partial charge >= 0.3 is 0 Å². The van der Waals surface area contributed by atoms with Crippen LogP contribution in [-0.2, 0) is 11.8 Å². The summed E-state index contributed by atoms with van der Waals surface area (Å²) in [4.78, 5) is 27.3. The summed E-state index contributed by atoms with van der Waals surface area (Å²) in [6, 6.07) is 7.61. The summed E-state index contributed by atoms with van der Waals surface area (Å²) in [6.07, 6.45) is 7.24. The molecule has 1 aliphatic heterocycles. The average molecular weight is 415 g/mol. The third kappa shape index (κ3) is 4.60. The molecule has 4 rings (SSSR count). The molecule has 2 amide bonds. The van der Waals surface area contributed by atoms with Crippen LogP contribution in [0.1, 0.15) is 48.9 Å². The molecule has 154 valence electrons. The number of nitrogens with one attached hydrogen (secondary N) is 1. The highest BCUT2D eigenvalue weighted by Crippen LogP contribution is 2.36. The Morgan fingerprint density at radius 2 is 1.90 bits per heavy atom. The Kier molecular flexibility index (Phi) is 6.13. The molecule has 2 aliphatic rings. The first-order chi connectivity index (χ1) is 14.1. The number of likely N-dealkylation sites (tertiary alicyclic amines) is 1. The van der Waals surface area contributed by atoms with Crippen LogP contribution in [0.3, 0.4) is 0 Å². The fourth-order valence-corrected chi connectivity index (χ4v) is 5.06. The second kappa shape index (κ2) is 8.94. The summed E-state index contributed by atoms with van der Waals surface area (Å²) < 4.78 is 1.52. The highest BCUT2D eigenvalue weighted by atomic mass is 32.2. The zero-order valence-electron chi connectivity index (χ0n) is 16.6. The SMILES string of the molecule is Cn1nnnc1SCC(=O)Nc1ccc(C(=O)N2CCCC3CCCCC32)cc1. The molecule has 1 saturated carbocycles. The van der Waals surface area contributed by atoms with Crippen LogP contribution in [-0.4, -0.2) is 55.3 Å². The van der Waals surface area contributed by atoms with E-state index in [1.807, 2.05) is 12.1 Å². The predicted molar refractivity (Wildman–Crippen MR) is 111 cm³/mol. The monoisotopic (exact) mass is 414 g/mol. The van der Waals surface area contributed by atoms with Gasteiger partial charge in [0.2, 0.25) is 11.1 Å². The van der Waals surface area contributed by atoms with E-state index in [4.69, 9.17) is 0 Å². The van der Waals surface area contributed by atoms with Crippen molar-refractivity contribution in [3.63, 3.8) is 0 Å². The van der Waals surface area contributed by atoms with E-state index in [9.17, 15) is 9.59 Å². The van der Waals surface area contributed by atoms with Gasteiger partial charge in [0.05, 0.1) is 5.75 Å². The highest BCUT2D eigenvalue weighted by Gasteiger charge is 2.35. The lowest BCUT2D eigenvalue weighted by molar-refractivity contribution is -0.113. The van der Waals surface area contributed by atoms with Crippen molar-refractivity contribution in [1.29, 1.82) is 0 Å². The number of rotatable bonds is 5. The van der Waals surface area contributed by atoms with E-state index in [1.54, 1.807) is 19.2 Å². The fourth-order valence-electron chi connectivity index (χ4n) is 4.41. The molecule has 1 saturated heterocycles. The van der Waals surface area contributed by atoms with Crippen LogP contribution in [0, 0.1) is 5.92 Å². The molecule has 0 spiro atoms. The molecule has 0 bridgehead atoms. The van der Waals surface area contributed by atoms with Gasteiger partial charge in [-0.2, -0.15) is 0 Å². The molecule has 1 N–H and O–H groups in total. The maximum Gasteiger partial charge on any atom is 0.254 e. The van der Waals surface area contributed by atoms with Gasteiger partial charge in [0.15, 0.2) is 0 Å². The molecule has 1 aromatic heterocycles. The fraction of sp³-hybridized carbons (Fsp3) is 0.550. The zero-order chi connectivity index (χ0) is 20.2. The van der Waals surface area contributed by atoms with Crippen LogP contribution < -0.4 is 5.32 Å². The molecule has 2 aromatic rings. The topological polar surface area (TPSA) is 93.0 Å². The molecule has 0 radical (unpaired) electrons. The quantitative estimate of drug-likeness (QED) is 0.756. The van der Waals surface area contributed by atoms with E-state index in [2.05, 4.69) is 25.7 Å². The van der Waals surface area contributed by atoms with Crippen molar-refractivity contribution in [2.24, 2.45) is 13.0 Å². The van der Waals surface area contributed by atoms with Crippen LogP contribution in [0.2, 0.25) is 0 Å². The molecule has 9 heteroatoms. The van der Waals surface area contributed by atoms with Crippen molar-refractivity contribution in [1.82, 2.24) is 25.1 Å². The van der Waals surface area contributed by atoms with Gasteiger partial charge in [-0.15, -0.1) is 5.10 Å². The van der Waals surface area contributed by atoms with Crippen molar-refractivity contribution in [2.45, 2.75) is 49.7 Å². The van der Waals surface area contributed by atoms with Gasteiger partial charge in [-0.3, -0.25) is 9.59 Å². The molecule has 29 heavy (non-hydrogen) atoms. The van der Waals surface area contributed by atoms with Crippen molar-refractivity contribution in [3.8, 4) is 0 Å². The van der Waals surface area contributed by atoms with E-state index in [0.717, 1.165) is 19.4 Å². The molecule has 2 atom stereocenters. The number of fused-ring (bicyclic) bond motifs is 1. The Labute approximate surface area is 174 Å². The van der Waals surface area contributed by atoms with Gasteiger partial charge in [-0.1, -0.05) is 24.6 Å². The maximum absolute atomic E-state index is 13.1.